The molecule has 3 aromatic rings. The van der Waals surface area contributed by atoms with Crippen LogP contribution in [0, 0.1) is 0 Å². The molecular weight excluding hydrogens is 382 g/mol. The number of anilines is 2. The molecule has 0 atom stereocenters. The fourth-order valence-electron chi connectivity index (χ4n) is 4.35. The van der Waals surface area contributed by atoms with Gasteiger partial charge in [0.2, 0.25) is 11.5 Å². The molecule has 4 heterocycles. The highest BCUT2D eigenvalue weighted by Crippen LogP contribution is 2.40. The number of fused-ring (bicyclic) bond motifs is 3. The summed E-state index contributed by atoms with van der Waals surface area (Å²) in [5.74, 6) is 0.924. The Bertz CT molecular complexity index is 1110. The molecular formula is C23H26N3O4+. The van der Waals surface area contributed by atoms with Crippen LogP contribution in [-0.4, -0.2) is 37.7 Å². The van der Waals surface area contributed by atoms with E-state index in [1.165, 1.54) is 0 Å². The van der Waals surface area contributed by atoms with Crippen molar-refractivity contribution < 1.29 is 23.7 Å². The first kappa shape index (κ1) is 19.1. The smallest absolute Gasteiger partial charge is 0.297 e. The van der Waals surface area contributed by atoms with E-state index in [4.69, 9.17) is 19.6 Å². The van der Waals surface area contributed by atoms with Crippen LogP contribution in [0.4, 0.5) is 11.5 Å². The predicted molar refractivity (Wildman–Crippen MR) is 113 cm³/mol. The standard InChI is InChI=1S/C23H25N3O4/c1-23(2)12-15-16(13-29-23)21(26-8-10-28-11-9-26)25-22-17(15)18(24)20(30-22)19(27)14-6-4-3-5-7-14/h3-7H,8-13,24H2,1-2H3/p+1. The zero-order chi connectivity index (χ0) is 20.9. The van der Waals surface area contributed by atoms with E-state index in [2.05, 4.69) is 23.7 Å². The van der Waals surface area contributed by atoms with E-state index in [1.54, 1.807) is 12.1 Å². The van der Waals surface area contributed by atoms with E-state index in [1.807, 2.05) is 18.2 Å². The van der Waals surface area contributed by atoms with Crippen molar-refractivity contribution in [2.24, 2.45) is 0 Å². The number of nitrogens with zero attached hydrogens (tertiary/aromatic N) is 1. The highest BCUT2D eigenvalue weighted by atomic mass is 16.5. The summed E-state index contributed by atoms with van der Waals surface area (Å²) in [6.45, 7) is 7.52. The number of rotatable bonds is 3. The summed E-state index contributed by atoms with van der Waals surface area (Å²) < 4.78 is 17.7. The van der Waals surface area contributed by atoms with Gasteiger partial charge in [0.1, 0.15) is 13.1 Å². The number of hydrogen-bond acceptors (Lipinski definition) is 6. The number of H-pyrrole nitrogens is 1. The van der Waals surface area contributed by atoms with E-state index in [9.17, 15) is 4.79 Å². The number of nitrogens with two attached hydrogens (primary N) is 1. The molecule has 156 valence electrons. The number of furan rings is 1. The van der Waals surface area contributed by atoms with Crippen LogP contribution in [0.3, 0.4) is 0 Å². The van der Waals surface area contributed by atoms with Gasteiger partial charge in [-0.1, -0.05) is 30.3 Å². The lowest BCUT2D eigenvalue weighted by Crippen LogP contribution is -2.42. The minimum absolute atomic E-state index is 0.179. The second kappa shape index (κ2) is 7.11. The maximum absolute atomic E-state index is 13.1. The van der Waals surface area contributed by atoms with Gasteiger partial charge in [-0.3, -0.25) is 9.69 Å². The molecule has 3 N–H and O–H groups in total. The van der Waals surface area contributed by atoms with Crippen LogP contribution in [0.25, 0.3) is 11.1 Å². The van der Waals surface area contributed by atoms with Gasteiger partial charge in [-0.25, -0.2) is 4.98 Å². The van der Waals surface area contributed by atoms with Gasteiger partial charge in [-0.15, -0.1) is 0 Å². The first-order valence-electron chi connectivity index (χ1n) is 10.3. The number of morpholine rings is 1. The van der Waals surface area contributed by atoms with Gasteiger partial charge in [0.25, 0.3) is 11.5 Å². The van der Waals surface area contributed by atoms with Crippen LogP contribution in [0.1, 0.15) is 41.1 Å². The molecule has 0 amide bonds. The zero-order valence-corrected chi connectivity index (χ0v) is 17.3. The molecule has 7 nitrogen and oxygen atoms in total. The lowest BCUT2D eigenvalue weighted by atomic mass is 9.89. The van der Waals surface area contributed by atoms with Crippen molar-refractivity contribution >= 4 is 28.4 Å². The third-order valence-corrected chi connectivity index (χ3v) is 5.91. The molecule has 0 spiro atoms. The second-order valence-electron chi connectivity index (χ2n) is 8.50. The monoisotopic (exact) mass is 408 g/mol. The van der Waals surface area contributed by atoms with E-state index in [-0.39, 0.29) is 17.1 Å². The number of hydrogen-bond donors (Lipinski definition) is 1. The molecule has 2 aliphatic rings. The summed E-state index contributed by atoms with van der Waals surface area (Å²) in [6, 6.07) is 9.07. The van der Waals surface area contributed by atoms with Crippen molar-refractivity contribution in [3.8, 4) is 0 Å². The lowest BCUT2D eigenvalue weighted by Gasteiger charge is -2.33. The molecule has 1 saturated heterocycles. The normalized spacial score (nSPS) is 18.4. The number of carbonyl (C=O) groups excluding carboxylic acids is 1. The Balaban J connectivity index is 1.70. The zero-order valence-electron chi connectivity index (χ0n) is 17.3. The topological polar surface area (TPSA) is 92.1 Å². The molecule has 2 aromatic heterocycles. The Hall–Kier alpha value is -2.90. The Morgan fingerprint density at radius 1 is 1.13 bits per heavy atom. The third kappa shape index (κ3) is 3.14. The van der Waals surface area contributed by atoms with Crippen molar-refractivity contribution in [2.45, 2.75) is 32.5 Å². The Morgan fingerprint density at radius 2 is 1.87 bits per heavy atom. The molecule has 0 saturated carbocycles. The number of benzene rings is 1. The number of nitrogens with one attached hydrogen (secondary N) is 1. The van der Waals surface area contributed by atoms with E-state index >= 15 is 0 Å². The molecule has 7 heteroatoms. The van der Waals surface area contributed by atoms with Crippen LogP contribution in [0.2, 0.25) is 0 Å². The maximum atomic E-state index is 13.1. The molecule has 0 unspecified atom stereocenters. The summed E-state index contributed by atoms with van der Waals surface area (Å²) in [4.78, 5) is 18.7. The first-order valence-corrected chi connectivity index (χ1v) is 10.3. The highest BCUT2D eigenvalue weighted by molar-refractivity contribution is 6.14. The fourth-order valence-corrected chi connectivity index (χ4v) is 4.35. The van der Waals surface area contributed by atoms with Gasteiger partial charge < -0.3 is 19.6 Å². The second-order valence-corrected chi connectivity index (χ2v) is 8.50. The summed E-state index contributed by atoms with van der Waals surface area (Å²) in [6.07, 6.45) is 0.688. The average Bonchev–Trinajstić information content (AvgIpc) is 3.09. The number of aromatic nitrogens is 1. The average molecular weight is 408 g/mol. The van der Waals surface area contributed by atoms with Crippen LogP contribution in [0.15, 0.2) is 34.7 Å². The van der Waals surface area contributed by atoms with Crippen LogP contribution in [-0.2, 0) is 22.5 Å². The van der Waals surface area contributed by atoms with Gasteiger partial charge in [-0.2, -0.15) is 0 Å². The van der Waals surface area contributed by atoms with Crippen molar-refractivity contribution in [2.75, 3.05) is 36.9 Å². The number of pyridine rings is 1. The SMILES string of the molecule is CC1(C)Cc2c(c(N3CCOCC3)[nH+]c3oc(C(=O)c4ccccc4)c(N)c23)CO1. The van der Waals surface area contributed by atoms with Crippen molar-refractivity contribution in [3.05, 3.63) is 52.8 Å². The van der Waals surface area contributed by atoms with Crippen LogP contribution < -0.4 is 15.6 Å². The summed E-state index contributed by atoms with van der Waals surface area (Å²) in [5.41, 5.74) is 9.83. The van der Waals surface area contributed by atoms with E-state index in [0.717, 1.165) is 35.4 Å². The fraction of sp³-hybridized carbons (Fsp3) is 0.391. The van der Waals surface area contributed by atoms with Crippen LogP contribution >= 0.6 is 0 Å². The molecule has 0 aliphatic carbocycles. The van der Waals surface area contributed by atoms with Crippen LogP contribution in [0.5, 0.6) is 0 Å². The van der Waals surface area contributed by atoms with Crippen molar-refractivity contribution in [1.29, 1.82) is 0 Å². The molecule has 5 rings (SSSR count). The Kier molecular flexibility index (Phi) is 4.52. The molecule has 30 heavy (non-hydrogen) atoms. The van der Waals surface area contributed by atoms with Crippen molar-refractivity contribution in [1.82, 2.24) is 0 Å². The maximum Gasteiger partial charge on any atom is 0.297 e. The number of carbonyl (C=O) groups is 1. The van der Waals surface area contributed by atoms with Gasteiger partial charge in [-0.05, 0) is 19.4 Å². The van der Waals surface area contributed by atoms with Gasteiger partial charge in [0, 0.05) is 12.0 Å². The van der Waals surface area contributed by atoms with E-state index in [0.29, 0.717) is 43.2 Å². The quantitative estimate of drug-likeness (QED) is 0.670. The molecule has 1 fully saturated rings. The van der Waals surface area contributed by atoms with Gasteiger partial charge in [0.15, 0.2) is 0 Å². The number of ether oxygens (including phenoxy) is 2. The molecule has 2 aliphatic heterocycles. The van der Waals surface area contributed by atoms with E-state index < -0.39 is 0 Å². The summed E-state index contributed by atoms with van der Waals surface area (Å²) in [5, 5.41) is 0.790. The van der Waals surface area contributed by atoms with Gasteiger partial charge >= 0.3 is 0 Å². The Labute approximate surface area is 174 Å². The predicted octanol–water partition coefficient (Wildman–Crippen LogP) is 2.75. The summed E-state index contributed by atoms with van der Waals surface area (Å²) in [7, 11) is 0. The number of ketones is 1. The number of nitrogen functional groups attached to an aromatic ring is 1. The molecule has 0 radical (unpaired) electrons. The lowest BCUT2D eigenvalue weighted by molar-refractivity contribution is -0.344. The highest BCUT2D eigenvalue weighted by Gasteiger charge is 2.37. The van der Waals surface area contributed by atoms with Crippen molar-refractivity contribution in [3.63, 3.8) is 0 Å². The third-order valence-electron chi connectivity index (χ3n) is 5.91. The molecule has 0 bridgehead atoms. The largest absolute Gasteiger partial charge is 0.416 e. The minimum atomic E-state index is -0.323. The minimum Gasteiger partial charge on any atom is -0.416 e. The first-order chi connectivity index (χ1) is 14.4. The van der Waals surface area contributed by atoms with Gasteiger partial charge in [0.05, 0.1) is 42.1 Å². The Morgan fingerprint density at radius 3 is 2.60 bits per heavy atom. The number of aromatic amines is 1. The summed E-state index contributed by atoms with van der Waals surface area (Å²) >= 11 is 0. The molecule has 1 aromatic carbocycles.